The van der Waals surface area contributed by atoms with Crippen molar-refractivity contribution in [2.75, 3.05) is 12.4 Å². The van der Waals surface area contributed by atoms with Crippen molar-refractivity contribution in [3.8, 4) is 0 Å². The summed E-state index contributed by atoms with van der Waals surface area (Å²) in [6.45, 7) is 1.55. The lowest BCUT2D eigenvalue weighted by Gasteiger charge is -2.25. The maximum Gasteiger partial charge on any atom is 0.416 e. The number of anilines is 1. The van der Waals surface area contributed by atoms with Crippen LogP contribution in [-0.4, -0.2) is 29.3 Å². The fourth-order valence-corrected chi connectivity index (χ4v) is 3.67. The highest BCUT2D eigenvalue weighted by molar-refractivity contribution is 6.30. The molecule has 2 heterocycles. The summed E-state index contributed by atoms with van der Waals surface area (Å²) in [7, 11) is 1.39. The van der Waals surface area contributed by atoms with Gasteiger partial charge in [-0.1, -0.05) is 11.6 Å². The molecule has 0 saturated carbocycles. The fraction of sp³-hybridized carbons (Fsp3) is 0.208. The molecule has 0 bridgehead atoms. The molecule has 3 amide bonds. The van der Waals surface area contributed by atoms with Gasteiger partial charge in [0.15, 0.2) is 0 Å². The van der Waals surface area contributed by atoms with E-state index in [0.29, 0.717) is 22.8 Å². The second kappa shape index (κ2) is 11.0. The summed E-state index contributed by atoms with van der Waals surface area (Å²) in [6.07, 6.45) is -4.82. The first kappa shape index (κ1) is 27.7. The summed E-state index contributed by atoms with van der Waals surface area (Å²) in [5.41, 5.74) is -1.23. The number of amides is 3. The van der Waals surface area contributed by atoms with Gasteiger partial charge in [-0.15, -0.1) is 0 Å². The van der Waals surface area contributed by atoms with Gasteiger partial charge in [0.05, 0.1) is 23.5 Å². The molecule has 0 fully saturated rings. The van der Waals surface area contributed by atoms with E-state index in [9.17, 15) is 36.3 Å². The van der Waals surface area contributed by atoms with Gasteiger partial charge in [-0.25, -0.2) is 8.78 Å². The molecule has 0 spiro atoms. The van der Waals surface area contributed by atoms with Crippen LogP contribution in [0.4, 0.5) is 27.6 Å². The van der Waals surface area contributed by atoms with Crippen LogP contribution in [0.1, 0.15) is 45.1 Å². The first-order valence-electron chi connectivity index (χ1n) is 10.7. The minimum absolute atomic E-state index is 0.00721. The highest BCUT2D eigenvalue weighted by Crippen LogP contribution is 2.32. The van der Waals surface area contributed by atoms with Crippen molar-refractivity contribution in [1.29, 1.82) is 0 Å². The smallest absolute Gasteiger partial charge is 0.354 e. The Morgan fingerprint density at radius 2 is 1.68 bits per heavy atom. The number of hydrogen-bond donors (Lipinski definition) is 3. The van der Waals surface area contributed by atoms with Gasteiger partial charge in [0, 0.05) is 17.6 Å². The molecule has 1 aliphatic heterocycles. The molecule has 0 radical (unpaired) electrons. The van der Waals surface area contributed by atoms with E-state index >= 15 is 0 Å². The molecule has 4 rings (SSSR count). The number of rotatable bonds is 3. The average Bonchev–Trinajstić information content (AvgIpc) is 3.21. The lowest BCUT2D eigenvalue weighted by molar-refractivity contribution is -0.137. The Kier molecular flexibility index (Phi) is 8.22. The Morgan fingerprint density at radius 1 is 1.03 bits per heavy atom. The highest BCUT2D eigenvalue weighted by Gasteiger charge is 2.33. The van der Waals surface area contributed by atoms with Crippen LogP contribution in [0.2, 0.25) is 5.02 Å². The second-order valence-corrected chi connectivity index (χ2v) is 8.29. The predicted octanol–water partition coefficient (Wildman–Crippen LogP) is 4.93. The number of carbonyl (C=O) groups excluding carboxylic acids is 3. The number of nitrogens with one attached hydrogen (secondary N) is 3. The molecule has 3 aromatic rings. The molecule has 13 heteroatoms. The Hall–Kier alpha value is -3.93. The number of aromatic nitrogens is 1. The molecule has 1 unspecified atom stereocenters. The third-order valence-electron chi connectivity index (χ3n) is 5.34. The number of fused-ring (bicyclic) bond motifs is 1. The molecule has 0 saturated heterocycles. The van der Waals surface area contributed by atoms with E-state index in [1.807, 2.05) is 0 Å². The maximum atomic E-state index is 13.6. The molecule has 1 aliphatic rings. The molecular formula is C24H20ClF5N4O3. The molecule has 7 nitrogen and oxygen atoms in total. The third kappa shape index (κ3) is 6.45. The van der Waals surface area contributed by atoms with Crippen LogP contribution >= 0.6 is 11.6 Å². The van der Waals surface area contributed by atoms with Gasteiger partial charge < -0.3 is 20.5 Å². The summed E-state index contributed by atoms with van der Waals surface area (Å²) in [5, 5.41) is 7.98. The number of nitrogens with zero attached hydrogens (tertiary/aromatic N) is 1. The predicted molar refractivity (Wildman–Crippen MR) is 125 cm³/mol. The molecule has 2 aromatic carbocycles. The molecule has 3 N–H and O–H groups in total. The summed E-state index contributed by atoms with van der Waals surface area (Å²) >= 11 is 5.44. The number of benzene rings is 2. The quantitative estimate of drug-likeness (QED) is 0.410. The Balaban J connectivity index is 0.000000405. The fourth-order valence-electron chi connectivity index (χ4n) is 3.54. The van der Waals surface area contributed by atoms with Crippen LogP contribution in [0.3, 0.4) is 0 Å². The van der Waals surface area contributed by atoms with Gasteiger partial charge in [-0.3, -0.25) is 14.4 Å². The van der Waals surface area contributed by atoms with Crippen molar-refractivity contribution in [3.05, 3.63) is 87.7 Å². The first-order valence-corrected chi connectivity index (χ1v) is 11.0. The second-order valence-electron chi connectivity index (χ2n) is 7.85. The minimum Gasteiger partial charge on any atom is -0.354 e. The van der Waals surface area contributed by atoms with E-state index in [4.69, 9.17) is 11.6 Å². The van der Waals surface area contributed by atoms with Gasteiger partial charge in [-0.2, -0.15) is 13.2 Å². The van der Waals surface area contributed by atoms with Crippen molar-refractivity contribution in [1.82, 2.24) is 15.2 Å². The number of alkyl halides is 3. The molecule has 1 atom stereocenters. The Bertz CT molecular complexity index is 1320. The van der Waals surface area contributed by atoms with Crippen molar-refractivity contribution < 1.29 is 36.3 Å². The lowest BCUT2D eigenvalue weighted by atomic mass is 10.1. The van der Waals surface area contributed by atoms with Crippen molar-refractivity contribution >= 4 is 35.0 Å². The zero-order valence-corrected chi connectivity index (χ0v) is 20.1. The monoisotopic (exact) mass is 542 g/mol. The molecule has 1 aromatic heterocycles. The summed E-state index contributed by atoms with van der Waals surface area (Å²) < 4.78 is 65.7. The van der Waals surface area contributed by atoms with Crippen LogP contribution in [0, 0.1) is 11.6 Å². The zero-order chi connectivity index (χ0) is 27.5. The molecule has 37 heavy (non-hydrogen) atoms. The van der Waals surface area contributed by atoms with Gasteiger partial charge in [0.1, 0.15) is 23.4 Å². The maximum absolute atomic E-state index is 13.6. The van der Waals surface area contributed by atoms with E-state index in [0.717, 1.165) is 0 Å². The SMILES string of the molecule is CNC(=O)c1cc(NC(=O)c2cc(F)cc(C(F)(F)F)c2)c2n1C(C)C(=O)NC2.Fc1ccc(Cl)cc1. The number of halogens is 6. The topological polar surface area (TPSA) is 92.2 Å². The van der Waals surface area contributed by atoms with Crippen LogP contribution in [0.25, 0.3) is 0 Å². The number of hydrogen-bond acceptors (Lipinski definition) is 3. The molecular weight excluding hydrogens is 523 g/mol. The van der Waals surface area contributed by atoms with Gasteiger partial charge >= 0.3 is 6.18 Å². The van der Waals surface area contributed by atoms with Crippen LogP contribution in [0.15, 0.2) is 48.5 Å². The third-order valence-corrected chi connectivity index (χ3v) is 5.59. The van der Waals surface area contributed by atoms with Crippen molar-refractivity contribution in [2.24, 2.45) is 0 Å². The van der Waals surface area contributed by atoms with E-state index in [-0.39, 0.29) is 35.7 Å². The van der Waals surface area contributed by atoms with E-state index < -0.39 is 41.0 Å². The minimum atomic E-state index is -4.82. The van der Waals surface area contributed by atoms with Gasteiger partial charge in [0.25, 0.3) is 11.8 Å². The molecule has 0 aliphatic carbocycles. The summed E-state index contributed by atoms with van der Waals surface area (Å²) in [4.78, 5) is 36.6. The van der Waals surface area contributed by atoms with Crippen LogP contribution in [0.5, 0.6) is 0 Å². The zero-order valence-electron chi connectivity index (χ0n) is 19.3. The lowest BCUT2D eigenvalue weighted by Crippen LogP contribution is -2.39. The Labute approximate surface area is 212 Å². The van der Waals surface area contributed by atoms with E-state index in [2.05, 4.69) is 16.0 Å². The normalized spacial score (nSPS) is 14.6. The first-order chi connectivity index (χ1) is 17.3. The average molecular weight is 543 g/mol. The van der Waals surface area contributed by atoms with Crippen LogP contribution in [-0.2, 0) is 17.5 Å². The standard InChI is InChI=1S/C18H16F4N4O3.C6H4ClF/c1-8-15(27)24-7-14-12(6-13(26(8)14)17(29)23-2)25-16(28)9-3-10(18(20,21)22)5-11(19)4-9;7-5-1-3-6(8)4-2-5/h3-6,8H,7H2,1-2H3,(H,23,29)(H,24,27)(H,25,28);1-4H. The van der Waals surface area contributed by atoms with Crippen molar-refractivity contribution in [3.63, 3.8) is 0 Å². The van der Waals surface area contributed by atoms with Gasteiger partial charge in [-0.05, 0) is 55.5 Å². The van der Waals surface area contributed by atoms with Crippen molar-refractivity contribution in [2.45, 2.75) is 25.7 Å². The summed E-state index contributed by atoms with van der Waals surface area (Å²) in [6, 6.07) is 7.73. The summed E-state index contributed by atoms with van der Waals surface area (Å²) in [5.74, 6) is -3.31. The van der Waals surface area contributed by atoms with E-state index in [1.165, 1.54) is 41.9 Å². The number of carbonyl (C=O) groups is 3. The highest BCUT2D eigenvalue weighted by atomic mass is 35.5. The Morgan fingerprint density at radius 3 is 2.24 bits per heavy atom. The van der Waals surface area contributed by atoms with Crippen LogP contribution < -0.4 is 16.0 Å². The van der Waals surface area contributed by atoms with Gasteiger partial charge in [0.2, 0.25) is 5.91 Å². The molecule has 196 valence electrons. The largest absolute Gasteiger partial charge is 0.416 e. The van der Waals surface area contributed by atoms with E-state index in [1.54, 1.807) is 6.92 Å².